The van der Waals surface area contributed by atoms with Crippen LogP contribution in [0.1, 0.15) is 47.4 Å². The SMILES string of the molecule is O=C(O)CCc1ccc(C(=Nc2ccc(CN3CCCC3)cc2)C2C(=O)Nc3cc(Cl)ccc32)cc1. The first-order chi connectivity index (χ1) is 17.5. The van der Waals surface area contributed by atoms with Crippen molar-refractivity contribution in [3.8, 4) is 0 Å². The lowest BCUT2D eigenvalue weighted by atomic mass is 9.90. The lowest BCUT2D eigenvalue weighted by Crippen LogP contribution is -2.22. The number of benzene rings is 3. The van der Waals surface area contributed by atoms with E-state index in [4.69, 9.17) is 21.7 Å². The molecule has 0 radical (unpaired) electrons. The molecule has 36 heavy (non-hydrogen) atoms. The second-order valence-electron chi connectivity index (χ2n) is 9.39. The molecule has 7 heteroatoms. The van der Waals surface area contributed by atoms with E-state index in [-0.39, 0.29) is 12.3 Å². The molecule has 1 amide bonds. The van der Waals surface area contributed by atoms with Gasteiger partial charge in [-0.15, -0.1) is 0 Å². The zero-order valence-electron chi connectivity index (χ0n) is 19.9. The highest BCUT2D eigenvalue weighted by Gasteiger charge is 2.35. The number of aliphatic carboxylic acids is 1. The van der Waals surface area contributed by atoms with Gasteiger partial charge >= 0.3 is 5.97 Å². The first-order valence-electron chi connectivity index (χ1n) is 12.3. The molecule has 6 nitrogen and oxygen atoms in total. The number of halogens is 1. The molecule has 0 bridgehead atoms. The Morgan fingerprint density at radius 3 is 2.39 bits per heavy atom. The molecular weight excluding hydrogens is 474 g/mol. The van der Waals surface area contributed by atoms with Crippen molar-refractivity contribution < 1.29 is 14.7 Å². The molecule has 2 heterocycles. The van der Waals surface area contributed by atoms with Crippen LogP contribution in [-0.2, 0) is 22.6 Å². The first kappa shape index (κ1) is 24.2. The van der Waals surface area contributed by atoms with Crippen molar-refractivity contribution in [1.29, 1.82) is 0 Å². The summed E-state index contributed by atoms with van der Waals surface area (Å²) in [5.74, 6) is -1.55. The van der Waals surface area contributed by atoms with Crippen LogP contribution in [0.15, 0.2) is 71.7 Å². The van der Waals surface area contributed by atoms with Crippen molar-refractivity contribution >= 4 is 40.6 Å². The zero-order valence-corrected chi connectivity index (χ0v) is 20.7. The highest BCUT2D eigenvalue weighted by atomic mass is 35.5. The molecule has 2 aliphatic heterocycles. The maximum atomic E-state index is 13.1. The van der Waals surface area contributed by atoms with E-state index in [1.54, 1.807) is 12.1 Å². The molecule has 2 aliphatic rings. The summed E-state index contributed by atoms with van der Waals surface area (Å²) in [6, 6.07) is 21.3. The molecule has 0 saturated carbocycles. The second kappa shape index (κ2) is 10.6. The number of nitrogens with zero attached hydrogens (tertiary/aromatic N) is 2. The minimum atomic E-state index is -0.826. The Labute approximate surface area is 215 Å². The third-order valence-corrected chi connectivity index (χ3v) is 7.02. The van der Waals surface area contributed by atoms with Crippen molar-refractivity contribution in [2.45, 2.75) is 38.1 Å². The van der Waals surface area contributed by atoms with Crippen LogP contribution < -0.4 is 5.32 Å². The number of rotatable bonds is 8. The van der Waals surface area contributed by atoms with Gasteiger partial charge in [-0.1, -0.05) is 54.1 Å². The van der Waals surface area contributed by atoms with E-state index >= 15 is 0 Å². The fourth-order valence-corrected chi connectivity index (χ4v) is 5.08. The first-order valence-corrected chi connectivity index (χ1v) is 12.7. The van der Waals surface area contributed by atoms with Gasteiger partial charge in [0.1, 0.15) is 5.92 Å². The van der Waals surface area contributed by atoms with Crippen molar-refractivity contribution in [3.63, 3.8) is 0 Å². The van der Waals surface area contributed by atoms with Crippen molar-refractivity contribution in [2.75, 3.05) is 18.4 Å². The number of nitrogens with one attached hydrogen (secondary N) is 1. The Hall–Kier alpha value is -3.48. The molecule has 0 aliphatic carbocycles. The Kier molecular flexibility index (Phi) is 7.16. The topological polar surface area (TPSA) is 82.0 Å². The van der Waals surface area contributed by atoms with Gasteiger partial charge in [-0.05, 0) is 78.9 Å². The van der Waals surface area contributed by atoms with Gasteiger partial charge in [0.15, 0.2) is 0 Å². The number of aryl methyl sites for hydroxylation is 1. The minimum absolute atomic E-state index is 0.0727. The van der Waals surface area contributed by atoms with Crippen LogP contribution in [0, 0.1) is 0 Å². The third kappa shape index (κ3) is 5.50. The molecule has 1 unspecified atom stereocenters. The van der Waals surface area contributed by atoms with Crippen LogP contribution in [0.4, 0.5) is 11.4 Å². The number of aliphatic imine (C=N–C) groups is 1. The number of carbonyl (C=O) groups excluding carboxylic acids is 1. The molecule has 1 atom stereocenters. The van der Waals surface area contributed by atoms with E-state index < -0.39 is 11.9 Å². The highest BCUT2D eigenvalue weighted by molar-refractivity contribution is 6.31. The van der Waals surface area contributed by atoms with Gasteiger partial charge in [0.25, 0.3) is 0 Å². The summed E-state index contributed by atoms with van der Waals surface area (Å²) < 4.78 is 0. The van der Waals surface area contributed by atoms with E-state index in [1.165, 1.54) is 18.4 Å². The summed E-state index contributed by atoms with van der Waals surface area (Å²) in [5.41, 5.74) is 5.95. The summed E-state index contributed by atoms with van der Waals surface area (Å²) in [5, 5.41) is 12.5. The zero-order chi connectivity index (χ0) is 25.1. The van der Waals surface area contributed by atoms with Gasteiger partial charge in [-0.25, -0.2) is 0 Å². The molecule has 3 aromatic carbocycles. The molecule has 1 saturated heterocycles. The quantitative estimate of drug-likeness (QED) is 0.382. The number of likely N-dealkylation sites (tertiary alicyclic amines) is 1. The van der Waals surface area contributed by atoms with Gasteiger partial charge in [-0.2, -0.15) is 0 Å². The monoisotopic (exact) mass is 501 g/mol. The standard InChI is InChI=1S/C29H28ClN3O3/c30-22-10-13-24-25(17-22)32-29(36)27(24)28(21-8-3-19(4-9-21)7-14-26(34)35)31-23-11-5-20(6-12-23)18-33-15-1-2-16-33/h3-6,8-13,17,27H,1-2,7,14-16,18H2,(H,32,36)(H,34,35). The van der Waals surface area contributed by atoms with Gasteiger partial charge in [0.2, 0.25) is 5.91 Å². The molecule has 1 fully saturated rings. The van der Waals surface area contributed by atoms with E-state index in [2.05, 4.69) is 22.3 Å². The number of carbonyl (C=O) groups is 2. The van der Waals surface area contributed by atoms with Gasteiger partial charge < -0.3 is 10.4 Å². The van der Waals surface area contributed by atoms with Gasteiger partial charge in [-0.3, -0.25) is 19.5 Å². The maximum Gasteiger partial charge on any atom is 0.303 e. The van der Waals surface area contributed by atoms with Crippen LogP contribution >= 0.6 is 11.6 Å². The van der Waals surface area contributed by atoms with E-state index in [0.717, 1.165) is 42.0 Å². The van der Waals surface area contributed by atoms with E-state index in [1.807, 2.05) is 42.5 Å². The second-order valence-corrected chi connectivity index (χ2v) is 9.83. The van der Waals surface area contributed by atoms with Crippen LogP contribution in [0.25, 0.3) is 0 Å². The molecule has 3 aromatic rings. The van der Waals surface area contributed by atoms with Crippen LogP contribution in [-0.4, -0.2) is 40.7 Å². The Bertz CT molecular complexity index is 1300. The highest BCUT2D eigenvalue weighted by Crippen LogP contribution is 2.37. The Morgan fingerprint density at radius 2 is 1.69 bits per heavy atom. The average Bonchev–Trinajstić information content (AvgIpc) is 3.49. The third-order valence-electron chi connectivity index (χ3n) is 6.79. The van der Waals surface area contributed by atoms with Crippen molar-refractivity contribution in [2.24, 2.45) is 4.99 Å². The summed E-state index contributed by atoms with van der Waals surface area (Å²) >= 11 is 6.16. The normalized spacial score (nSPS) is 17.8. The Morgan fingerprint density at radius 1 is 1.00 bits per heavy atom. The number of hydrogen-bond donors (Lipinski definition) is 2. The largest absolute Gasteiger partial charge is 0.481 e. The van der Waals surface area contributed by atoms with E-state index in [0.29, 0.717) is 22.8 Å². The number of carboxylic acids is 1. The van der Waals surface area contributed by atoms with Crippen LogP contribution in [0.3, 0.4) is 0 Å². The number of anilines is 1. The summed E-state index contributed by atoms with van der Waals surface area (Å²) in [7, 11) is 0. The average molecular weight is 502 g/mol. The van der Waals surface area contributed by atoms with Crippen molar-refractivity contribution in [1.82, 2.24) is 4.90 Å². The molecule has 2 N–H and O–H groups in total. The Balaban J connectivity index is 1.48. The fourth-order valence-electron chi connectivity index (χ4n) is 4.91. The predicted molar refractivity (Wildman–Crippen MR) is 142 cm³/mol. The summed E-state index contributed by atoms with van der Waals surface area (Å²) in [6.45, 7) is 3.23. The smallest absolute Gasteiger partial charge is 0.303 e. The molecule has 184 valence electrons. The number of carboxylic acid groups (broad SMARTS) is 1. The van der Waals surface area contributed by atoms with Crippen LogP contribution in [0.2, 0.25) is 5.02 Å². The summed E-state index contributed by atoms with van der Waals surface area (Å²) in [4.78, 5) is 31.5. The van der Waals surface area contributed by atoms with Gasteiger partial charge in [0, 0.05) is 23.7 Å². The summed E-state index contributed by atoms with van der Waals surface area (Å²) in [6.07, 6.45) is 3.04. The molecule has 0 aromatic heterocycles. The molecule has 0 spiro atoms. The van der Waals surface area contributed by atoms with Crippen molar-refractivity contribution in [3.05, 3.63) is 94.0 Å². The predicted octanol–water partition coefficient (Wildman–Crippen LogP) is 5.81. The lowest BCUT2D eigenvalue weighted by Gasteiger charge is -2.16. The lowest BCUT2D eigenvalue weighted by molar-refractivity contribution is -0.137. The van der Waals surface area contributed by atoms with Crippen LogP contribution in [0.5, 0.6) is 0 Å². The fraction of sp³-hybridized carbons (Fsp3) is 0.276. The van der Waals surface area contributed by atoms with E-state index in [9.17, 15) is 9.59 Å². The minimum Gasteiger partial charge on any atom is -0.481 e. The molecule has 5 rings (SSSR count). The molecular formula is C29H28ClN3O3. The maximum absolute atomic E-state index is 13.1. The number of hydrogen-bond acceptors (Lipinski definition) is 4. The number of fused-ring (bicyclic) bond motifs is 1. The van der Waals surface area contributed by atoms with Gasteiger partial charge in [0.05, 0.1) is 11.4 Å². The number of amides is 1.